The third-order valence-electron chi connectivity index (χ3n) is 2.57. The highest BCUT2D eigenvalue weighted by molar-refractivity contribution is 7.09. The van der Waals surface area contributed by atoms with Gasteiger partial charge in [-0.2, -0.15) is 0 Å². The van der Waals surface area contributed by atoms with Gasteiger partial charge in [-0.15, -0.1) is 11.3 Å². The van der Waals surface area contributed by atoms with Gasteiger partial charge >= 0.3 is 0 Å². The Kier molecular flexibility index (Phi) is 4.73. The van der Waals surface area contributed by atoms with Gasteiger partial charge in [0.25, 0.3) is 0 Å². The van der Waals surface area contributed by atoms with Crippen molar-refractivity contribution in [3.8, 4) is 5.75 Å². The van der Waals surface area contributed by atoms with Crippen LogP contribution < -0.4 is 10.1 Å². The Morgan fingerprint density at radius 3 is 3.00 bits per heavy atom. The van der Waals surface area contributed by atoms with Crippen LogP contribution in [-0.4, -0.2) is 13.2 Å². The van der Waals surface area contributed by atoms with Crippen molar-refractivity contribution in [3.63, 3.8) is 0 Å². The van der Waals surface area contributed by atoms with Crippen molar-refractivity contribution in [2.75, 3.05) is 13.2 Å². The van der Waals surface area contributed by atoms with Crippen molar-refractivity contribution in [2.45, 2.75) is 13.5 Å². The standard InChI is InChI=1S/C14H16FNOS/c1-11-4-5-12(15)9-14(11)17-7-6-16-10-13-3-2-8-18-13/h2-5,8-9,16H,6-7,10H2,1H3. The van der Waals surface area contributed by atoms with Gasteiger partial charge < -0.3 is 10.1 Å². The van der Waals surface area contributed by atoms with Gasteiger partial charge in [0, 0.05) is 24.0 Å². The molecule has 0 saturated heterocycles. The maximum Gasteiger partial charge on any atom is 0.126 e. The van der Waals surface area contributed by atoms with E-state index in [-0.39, 0.29) is 5.82 Å². The summed E-state index contributed by atoms with van der Waals surface area (Å²) in [5.74, 6) is 0.357. The van der Waals surface area contributed by atoms with Crippen molar-refractivity contribution in [2.24, 2.45) is 0 Å². The molecule has 0 amide bonds. The lowest BCUT2D eigenvalue weighted by molar-refractivity contribution is 0.310. The van der Waals surface area contributed by atoms with Gasteiger partial charge in [-0.05, 0) is 30.0 Å². The molecule has 1 N–H and O–H groups in total. The third kappa shape index (κ3) is 3.82. The second-order valence-electron chi connectivity index (χ2n) is 4.01. The van der Waals surface area contributed by atoms with Crippen LogP contribution in [0.2, 0.25) is 0 Å². The van der Waals surface area contributed by atoms with Gasteiger partial charge in [-0.3, -0.25) is 0 Å². The van der Waals surface area contributed by atoms with E-state index < -0.39 is 0 Å². The summed E-state index contributed by atoms with van der Waals surface area (Å²) in [6, 6.07) is 8.72. The van der Waals surface area contributed by atoms with Crippen LogP contribution in [0, 0.1) is 12.7 Å². The average Bonchev–Trinajstić information content (AvgIpc) is 2.86. The Bertz CT molecular complexity index is 485. The number of thiophene rings is 1. The quantitative estimate of drug-likeness (QED) is 0.809. The number of nitrogens with one attached hydrogen (secondary N) is 1. The molecular formula is C14H16FNOS. The van der Waals surface area contributed by atoms with Crippen LogP contribution in [0.3, 0.4) is 0 Å². The molecule has 0 unspecified atom stereocenters. The zero-order valence-corrected chi connectivity index (χ0v) is 11.1. The van der Waals surface area contributed by atoms with Gasteiger partial charge in [0.2, 0.25) is 0 Å². The zero-order chi connectivity index (χ0) is 12.8. The highest BCUT2D eigenvalue weighted by atomic mass is 32.1. The zero-order valence-electron chi connectivity index (χ0n) is 10.3. The van der Waals surface area contributed by atoms with Crippen molar-refractivity contribution < 1.29 is 9.13 Å². The van der Waals surface area contributed by atoms with Gasteiger partial charge in [0.1, 0.15) is 18.2 Å². The van der Waals surface area contributed by atoms with Gasteiger partial charge in [-0.1, -0.05) is 12.1 Å². The first-order valence-corrected chi connectivity index (χ1v) is 6.76. The molecular weight excluding hydrogens is 249 g/mol. The van der Waals surface area contributed by atoms with Crippen LogP contribution in [0.4, 0.5) is 4.39 Å². The van der Waals surface area contributed by atoms with E-state index in [4.69, 9.17) is 4.74 Å². The molecule has 0 fully saturated rings. The van der Waals surface area contributed by atoms with Crippen LogP contribution in [0.15, 0.2) is 35.7 Å². The van der Waals surface area contributed by atoms with Crippen LogP contribution in [0.5, 0.6) is 5.75 Å². The van der Waals surface area contributed by atoms with Gasteiger partial charge in [0.15, 0.2) is 0 Å². The summed E-state index contributed by atoms with van der Waals surface area (Å²) < 4.78 is 18.6. The highest BCUT2D eigenvalue weighted by Crippen LogP contribution is 2.18. The predicted octanol–water partition coefficient (Wildman–Crippen LogP) is 3.36. The average molecular weight is 265 g/mol. The molecule has 0 radical (unpaired) electrons. The second kappa shape index (κ2) is 6.52. The van der Waals surface area contributed by atoms with E-state index in [0.717, 1.165) is 18.7 Å². The Morgan fingerprint density at radius 2 is 2.22 bits per heavy atom. The molecule has 96 valence electrons. The fraction of sp³-hybridized carbons (Fsp3) is 0.286. The normalized spacial score (nSPS) is 10.6. The van der Waals surface area contributed by atoms with Crippen LogP contribution in [0.25, 0.3) is 0 Å². The Balaban J connectivity index is 1.70. The van der Waals surface area contributed by atoms with E-state index in [9.17, 15) is 4.39 Å². The predicted molar refractivity (Wildman–Crippen MR) is 72.7 cm³/mol. The number of benzene rings is 1. The Labute approximate surface area is 110 Å². The molecule has 18 heavy (non-hydrogen) atoms. The molecule has 0 saturated carbocycles. The molecule has 0 atom stereocenters. The minimum atomic E-state index is -0.262. The van der Waals surface area contributed by atoms with E-state index in [1.807, 2.05) is 13.0 Å². The van der Waals surface area contributed by atoms with E-state index >= 15 is 0 Å². The molecule has 1 aromatic heterocycles. The molecule has 0 spiro atoms. The summed E-state index contributed by atoms with van der Waals surface area (Å²) in [6.45, 7) is 4.04. The van der Waals surface area contributed by atoms with E-state index in [1.54, 1.807) is 17.4 Å². The van der Waals surface area contributed by atoms with Crippen molar-refractivity contribution in [1.82, 2.24) is 5.32 Å². The lowest BCUT2D eigenvalue weighted by Crippen LogP contribution is -2.20. The lowest BCUT2D eigenvalue weighted by atomic mass is 10.2. The maximum atomic E-state index is 13.0. The maximum absolute atomic E-state index is 13.0. The molecule has 4 heteroatoms. The molecule has 0 aliphatic rings. The van der Waals surface area contributed by atoms with Crippen LogP contribution >= 0.6 is 11.3 Å². The minimum Gasteiger partial charge on any atom is -0.492 e. The molecule has 0 aliphatic carbocycles. The summed E-state index contributed by atoms with van der Waals surface area (Å²) in [5.41, 5.74) is 0.953. The molecule has 0 aliphatic heterocycles. The fourth-order valence-electron chi connectivity index (χ4n) is 1.59. The number of ether oxygens (including phenoxy) is 1. The number of halogens is 1. The monoisotopic (exact) mass is 265 g/mol. The molecule has 0 bridgehead atoms. The van der Waals surface area contributed by atoms with Crippen LogP contribution in [-0.2, 0) is 6.54 Å². The first-order chi connectivity index (χ1) is 8.75. The van der Waals surface area contributed by atoms with Gasteiger partial charge in [-0.25, -0.2) is 4.39 Å². The largest absolute Gasteiger partial charge is 0.492 e. The first-order valence-electron chi connectivity index (χ1n) is 5.88. The van der Waals surface area contributed by atoms with E-state index in [1.165, 1.54) is 17.0 Å². The minimum absolute atomic E-state index is 0.262. The summed E-state index contributed by atoms with van der Waals surface area (Å²) in [4.78, 5) is 1.30. The number of rotatable bonds is 6. The summed E-state index contributed by atoms with van der Waals surface area (Å²) in [5, 5.41) is 5.34. The highest BCUT2D eigenvalue weighted by Gasteiger charge is 2.01. The van der Waals surface area contributed by atoms with E-state index in [0.29, 0.717) is 12.4 Å². The molecule has 2 rings (SSSR count). The van der Waals surface area contributed by atoms with Gasteiger partial charge in [0.05, 0.1) is 0 Å². The number of aryl methyl sites for hydroxylation is 1. The molecule has 2 aromatic rings. The summed E-state index contributed by atoms with van der Waals surface area (Å²) in [6.07, 6.45) is 0. The topological polar surface area (TPSA) is 21.3 Å². The van der Waals surface area contributed by atoms with Crippen molar-refractivity contribution >= 4 is 11.3 Å². The second-order valence-corrected chi connectivity index (χ2v) is 5.05. The smallest absolute Gasteiger partial charge is 0.126 e. The molecule has 2 nitrogen and oxygen atoms in total. The number of hydrogen-bond donors (Lipinski definition) is 1. The van der Waals surface area contributed by atoms with E-state index in [2.05, 4.69) is 16.8 Å². The fourth-order valence-corrected chi connectivity index (χ4v) is 2.26. The Hall–Kier alpha value is -1.39. The van der Waals surface area contributed by atoms with Crippen LogP contribution in [0.1, 0.15) is 10.4 Å². The van der Waals surface area contributed by atoms with Crippen molar-refractivity contribution in [1.29, 1.82) is 0 Å². The lowest BCUT2D eigenvalue weighted by Gasteiger charge is -2.09. The first kappa shape index (κ1) is 13.1. The Morgan fingerprint density at radius 1 is 1.33 bits per heavy atom. The summed E-state index contributed by atoms with van der Waals surface area (Å²) in [7, 11) is 0. The molecule has 1 aromatic carbocycles. The van der Waals surface area contributed by atoms with Crippen molar-refractivity contribution in [3.05, 3.63) is 52.0 Å². The third-order valence-corrected chi connectivity index (χ3v) is 3.44. The number of hydrogen-bond acceptors (Lipinski definition) is 3. The SMILES string of the molecule is Cc1ccc(F)cc1OCCNCc1cccs1. The molecule has 1 heterocycles. The summed E-state index contributed by atoms with van der Waals surface area (Å²) >= 11 is 1.73.